The first-order valence-corrected chi connectivity index (χ1v) is 11.8. The number of rotatable bonds is 3. The molecule has 0 radical (unpaired) electrons. The topological polar surface area (TPSA) is 94.4 Å². The third-order valence-corrected chi connectivity index (χ3v) is 8.35. The smallest absolute Gasteiger partial charge is 0.268 e. The number of aliphatic hydroxyl groups is 1. The monoisotopic (exact) mass is 444 g/mol. The highest BCUT2D eigenvalue weighted by Gasteiger charge is 2.35. The van der Waals surface area contributed by atoms with Crippen LogP contribution in [-0.2, 0) is 9.59 Å². The molecule has 1 aromatic rings. The molecule has 2 aliphatic heterocycles. The molecule has 4 rings (SSSR count). The maximum Gasteiger partial charge on any atom is 0.268 e. The van der Waals surface area contributed by atoms with Crippen molar-refractivity contribution in [3.05, 3.63) is 10.4 Å². The minimum atomic E-state index is -0.859. The van der Waals surface area contributed by atoms with Gasteiger partial charge in [-0.3, -0.25) is 9.59 Å². The van der Waals surface area contributed by atoms with Gasteiger partial charge in [-0.05, 0) is 38.2 Å². The van der Waals surface area contributed by atoms with Crippen LogP contribution in [0.5, 0.6) is 0 Å². The van der Waals surface area contributed by atoms with E-state index in [2.05, 4.69) is 27.4 Å². The van der Waals surface area contributed by atoms with E-state index in [0.717, 1.165) is 38.9 Å². The van der Waals surface area contributed by atoms with Crippen molar-refractivity contribution in [2.45, 2.75) is 62.5 Å². The quantitative estimate of drug-likeness (QED) is 0.701. The lowest BCUT2D eigenvalue weighted by Gasteiger charge is -2.30. The first-order chi connectivity index (χ1) is 14.3. The Labute approximate surface area is 184 Å². The number of thioether (sulfide) groups is 1. The first-order valence-electron chi connectivity index (χ1n) is 10.0. The van der Waals surface area contributed by atoms with Crippen LogP contribution in [0.3, 0.4) is 0 Å². The van der Waals surface area contributed by atoms with Gasteiger partial charge >= 0.3 is 0 Å². The summed E-state index contributed by atoms with van der Waals surface area (Å²) in [6.07, 6.45) is 3.63. The second kappa shape index (κ2) is 8.17. The predicted molar refractivity (Wildman–Crippen MR) is 121 cm³/mol. The molecule has 0 bridgehead atoms. The van der Waals surface area contributed by atoms with E-state index in [1.54, 1.807) is 23.7 Å². The van der Waals surface area contributed by atoms with Gasteiger partial charge in [0.05, 0.1) is 4.88 Å². The van der Waals surface area contributed by atoms with Gasteiger partial charge in [0.15, 0.2) is 0 Å². The molecule has 30 heavy (non-hydrogen) atoms. The van der Waals surface area contributed by atoms with E-state index >= 15 is 0 Å². The van der Waals surface area contributed by atoms with E-state index in [1.165, 1.54) is 11.3 Å². The Morgan fingerprint density at radius 1 is 1.40 bits per heavy atom. The summed E-state index contributed by atoms with van der Waals surface area (Å²) in [6, 6.07) is -0.634. The summed E-state index contributed by atoms with van der Waals surface area (Å²) in [4.78, 5) is 29.1. The van der Waals surface area contributed by atoms with E-state index in [4.69, 9.17) is 0 Å². The first kappa shape index (κ1) is 21.1. The SMILES string of the molecule is CCC1=NN=C(C(=O)N[C@H]2CSc3c(sc(C#CC4(O)CCC4)c3C)N(C)C2=O)C1. The molecule has 0 saturated heterocycles. The summed E-state index contributed by atoms with van der Waals surface area (Å²) in [6.45, 7) is 3.97. The predicted octanol–water partition coefficient (Wildman–Crippen LogP) is 2.49. The van der Waals surface area contributed by atoms with Gasteiger partial charge in [0.1, 0.15) is 22.4 Å². The summed E-state index contributed by atoms with van der Waals surface area (Å²) in [7, 11) is 1.73. The largest absolute Gasteiger partial charge is 0.378 e. The summed E-state index contributed by atoms with van der Waals surface area (Å²) in [5.74, 6) is 6.06. The second-order valence-corrected chi connectivity index (χ2v) is 9.83. The number of anilines is 1. The average molecular weight is 445 g/mol. The van der Waals surface area contributed by atoms with Gasteiger partial charge in [-0.15, -0.1) is 28.2 Å². The van der Waals surface area contributed by atoms with Gasteiger partial charge in [0.25, 0.3) is 11.8 Å². The van der Waals surface area contributed by atoms with Crippen LogP contribution in [0.4, 0.5) is 5.00 Å². The molecule has 158 valence electrons. The van der Waals surface area contributed by atoms with Crippen LogP contribution in [0, 0.1) is 18.8 Å². The highest BCUT2D eigenvalue weighted by Crippen LogP contribution is 2.44. The number of amides is 2. The standard InChI is InChI=1S/C21H24N4O3S2/c1-4-13-10-14(24-23-13)18(26)22-15-11-29-17-12(2)16(6-9-21(28)7-5-8-21)30-20(17)25(3)19(15)27/h15,28H,4-5,7-8,10-11H2,1-3H3,(H,22,26)/t15-/m0/s1. The number of likely N-dealkylation sites (N-methyl/N-ethyl adjacent to an activating group) is 1. The van der Waals surface area contributed by atoms with E-state index in [-0.39, 0.29) is 11.8 Å². The van der Waals surface area contributed by atoms with E-state index in [0.29, 0.717) is 30.7 Å². The van der Waals surface area contributed by atoms with Gasteiger partial charge < -0.3 is 15.3 Å². The molecular weight excluding hydrogens is 420 g/mol. The third kappa shape index (κ3) is 3.92. The molecule has 2 N–H and O–H groups in total. The normalized spacial score (nSPS) is 22.2. The molecule has 0 aromatic carbocycles. The minimum Gasteiger partial charge on any atom is -0.378 e. The summed E-state index contributed by atoms with van der Waals surface area (Å²) >= 11 is 3.01. The number of nitrogens with one attached hydrogen (secondary N) is 1. The van der Waals surface area contributed by atoms with Crippen LogP contribution in [0.1, 0.15) is 49.5 Å². The molecule has 1 atom stereocenters. The Hall–Kier alpha value is -2.15. The highest BCUT2D eigenvalue weighted by molar-refractivity contribution is 7.99. The summed E-state index contributed by atoms with van der Waals surface area (Å²) < 4.78 is 0. The molecule has 1 aliphatic carbocycles. The van der Waals surface area contributed by atoms with E-state index in [9.17, 15) is 14.7 Å². The molecule has 3 aliphatic rings. The Bertz CT molecular complexity index is 1030. The van der Waals surface area contributed by atoms with Crippen molar-refractivity contribution in [1.82, 2.24) is 5.32 Å². The van der Waals surface area contributed by atoms with Crippen LogP contribution in [0.15, 0.2) is 15.1 Å². The van der Waals surface area contributed by atoms with Gasteiger partial charge in [0, 0.05) is 29.8 Å². The van der Waals surface area contributed by atoms with Crippen molar-refractivity contribution in [2.24, 2.45) is 10.2 Å². The molecule has 3 heterocycles. The highest BCUT2D eigenvalue weighted by atomic mass is 32.2. The van der Waals surface area contributed by atoms with E-state index < -0.39 is 11.6 Å². The molecule has 9 heteroatoms. The fourth-order valence-corrected chi connectivity index (χ4v) is 5.96. The number of thiophene rings is 1. The maximum absolute atomic E-state index is 13.0. The van der Waals surface area contributed by atoms with Gasteiger partial charge in [0.2, 0.25) is 0 Å². The number of fused-ring (bicyclic) bond motifs is 1. The number of hydrogen-bond donors (Lipinski definition) is 2. The third-order valence-electron chi connectivity index (χ3n) is 5.65. The lowest BCUT2D eigenvalue weighted by Crippen LogP contribution is -2.49. The maximum atomic E-state index is 13.0. The molecule has 1 saturated carbocycles. The Balaban J connectivity index is 1.49. The fourth-order valence-electron chi connectivity index (χ4n) is 3.44. The van der Waals surface area contributed by atoms with Crippen molar-refractivity contribution < 1.29 is 14.7 Å². The summed E-state index contributed by atoms with van der Waals surface area (Å²) in [5, 5.41) is 21.9. The van der Waals surface area contributed by atoms with Crippen LogP contribution >= 0.6 is 23.1 Å². The molecule has 1 aromatic heterocycles. The molecular formula is C21H24N4O3S2. The number of hydrogen-bond acceptors (Lipinski definition) is 7. The van der Waals surface area contributed by atoms with Gasteiger partial charge in [-0.25, -0.2) is 0 Å². The molecule has 1 fully saturated rings. The zero-order valence-electron chi connectivity index (χ0n) is 17.2. The molecule has 2 amide bonds. The minimum absolute atomic E-state index is 0.164. The Morgan fingerprint density at radius 2 is 2.17 bits per heavy atom. The van der Waals surface area contributed by atoms with Crippen molar-refractivity contribution in [3.63, 3.8) is 0 Å². The summed E-state index contributed by atoms with van der Waals surface area (Å²) in [5.41, 5.74) is 1.39. The zero-order chi connectivity index (χ0) is 21.5. The van der Waals surface area contributed by atoms with Crippen molar-refractivity contribution in [1.29, 1.82) is 0 Å². The van der Waals surface area contributed by atoms with Crippen LogP contribution in [0.2, 0.25) is 0 Å². The van der Waals surface area contributed by atoms with Crippen LogP contribution in [0.25, 0.3) is 0 Å². The molecule has 0 unspecified atom stereocenters. The average Bonchev–Trinajstić information content (AvgIpc) is 3.29. The van der Waals surface area contributed by atoms with Crippen LogP contribution < -0.4 is 10.2 Å². The zero-order valence-corrected chi connectivity index (χ0v) is 18.9. The number of carbonyl (C=O) groups is 2. The lowest BCUT2D eigenvalue weighted by molar-refractivity contribution is -0.123. The fraction of sp³-hybridized carbons (Fsp3) is 0.524. The van der Waals surface area contributed by atoms with Crippen molar-refractivity contribution >= 4 is 51.3 Å². The second-order valence-electron chi connectivity index (χ2n) is 7.80. The lowest BCUT2D eigenvalue weighted by atomic mass is 9.81. The number of nitrogens with zero attached hydrogens (tertiary/aromatic N) is 3. The van der Waals surface area contributed by atoms with E-state index in [1.807, 2.05) is 13.8 Å². The van der Waals surface area contributed by atoms with Crippen molar-refractivity contribution in [3.8, 4) is 11.8 Å². The Morgan fingerprint density at radius 3 is 2.80 bits per heavy atom. The Kier molecular flexibility index (Phi) is 5.75. The molecule has 7 nitrogen and oxygen atoms in total. The van der Waals surface area contributed by atoms with Crippen molar-refractivity contribution in [2.75, 3.05) is 17.7 Å². The van der Waals surface area contributed by atoms with Crippen LogP contribution in [-0.4, -0.2) is 52.8 Å². The van der Waals surface area contributed by atoms with Gasteiger partial charge in [-0.2, -0.15) is 5.10 Å². The van der Waals surface area contributed by atoms with Gasteiger partial charge in [-0.1, -0.05) is 18.8 Å². The molecule has 0 spiro atoms. The number of carbonyl (C=O) groups excluding carboxylic acids is 2.